The Morgan fingerprint density at radius 3 is 2.72 bits per heavy atom. The quantitative estimate of drug-likeness (QED) is 0.191. The van der Waals surface area contributed by atoms with Crippen molar-refractivity contribution in [3.8, 4) is 5.75 Å². The molecule has 1 aliphatic carbocycles. The number of hydrogen-bond acceptors (Lipinski definition) is 4. The number of ether oxygens (including phenoxy) is 2. The highest BCUT2D eigenvalue weighted by molar-refractivity contribution is 14.0. The summed E-state index contributed by atoms with van der Waals surface area (Å²) < 4.78 is 10.8. The zero-order chi connectivity index (χ0) is 20.0. The van der Waals surface area contributed by atoms with E-state index in [4.69, 9.17) is 9.47 Å². The van der Waals surface area contributed by atoms with Gasteiger partial charge in [0, 0.05) is 44.5 Å². The summed E-state index contributed by atoms with van der Waals surface area (Å²) in [7, 11) is 1.68. The Hall–Kier alpha value is -1.55. The number of rotatable bonds is 10. The van der Waals surface area contributed by atoms with E-state index in [1.165, 1.54) is 19.3 Å². The van der Waals surface area contributed by atoms with Crippen LogP contribution in [-0.4, -0.2) is 51.3 Å². The lowest BCUT2D eigenvalue weighted by Crippen LogP contribution is -2.38. The maximum Gasteiger partial charge on any atom is 0.242 e. The van der Waals surface area contributed by atoms with Gasteiger partial charge in [-0.05, 0) is 31.9 Å². The van der Waals surface area contributed by atoms with Crippen molar-refractivity contribution in [3.63, 3.8) is 0 Å². The summed E-state index contributed by atoms with van der Waals surface area (Å²) in [4.78, 5) is 16.6. The van der Waals surface area contributed by atoms with Crippen LogP contribution in [0.2, 0.25) is 0 Å². The standard InChI is InChI=1S/C21H34N4O3.HI/c1-3-22-21(23-16-20(26)24-17-9-5-4-6-10-17)25-18-11-7-12-19(15-18)28-14-8-13-27-2;/h7,11-12,15,17H,3-6,8-10,13-14,16H2,1-2H3,(H,24,26)(H2,22,23,25);1H. The number of methoxy groups -OCH3 is 1. The van der Waals surface area contributed by atoms with Gasteiger partial charge in [-0.25, -0.2) is 4.99 Å². The van der Waals surface area contributed by atoms with Gasteiger partial charge in [0.15, 0.2) is 5.96 Å². The molecule has 1 fully saturated rings. The summed E-state index contributed by atoms with van der Waals surface area (Å²) in [6, 6.07) is 8.00. The zero-order valence-corrected chi connectivity index (χ0v) is 19.9. The molecule has 29 heavy (non-hydrogen) atoms. The highest BCUT2D eigenvalue weighted by atomic mass is 127. The minimum absolute atomic E-state index is 0. The Bertz CT molecular complexity index is 622. The Morgan fingerprint density at radius 1 is 1.21 bits per heavy atom. The van der Waals surface area contributed by atoms with E-state index in [1.807, 2.05) is 31.2 Å². The van der Waals surface area contributed by atoms with Crippen LogP contribution in [0.15, 0.2) is 29.3 Å². The van der Waals surface area contributed by atoms with Gasteiger partial charge in [0.1, 0.15) is 12.3 Å². The number of amides is 1. The summed E-state index contributed by atoms with van der Waals surface area (Å²) in [6.07, 6.45) is 6.66. The van der Waals surface area contributed by atoms with Crippen LogP contribution in [0.25, 0.3) is 0 Å². The fourth-order valence-electron chi connectivity index (χ4n) is 3.17. The van der Waals surface area contributed by atoms with E-state index in [9.17, 15) is 4.79 Å². The van der Waals surface area contributed by atoms with Crippen LogP contribution in [0.4, 0.5) is 5.69 Å². The van der Waals surface area contributed by atoms with Gasteiger partial charge in [-0.3, -0.25) is 4.79 Å². The molecule has 8 heteroatoms. The molecule has 1 aromatic rings. The van der Waals surface area contributed by atoms with Gasteiger partial charge in [0.05, 0.1) is 6.61 Å². The van der Waals surface area contributed by atoms with Gasteiger partial charge in [0.2, 0.25) is 5.91 Å². The maximum atomic E-state index is 12.2. The number of guanidine groups is 1. The van der Waals surface area contributed by atoms with Gasteiger partial charge in [0.25, 0.3) is 0 Å². The molecule has 0 heterocycles. The average Bonchev–Trinajstić information content (AvgIpc) is 2.71. The van der Waals surface area contributed by atoms with E-state index in [2.05, 4.69) is 20.9 Å². The summed E-state index contributed by atoms with van der Waals surface area (Å²) in [5.41, 5.74) is 0.858. The molecule has 0 unspecified atom stereocenters. The zero-order valence-electron chi connectivity index (χ0n) is 17.5. The number of carbonyl (C=O) groups is 1. The van der Waals surface area contributed by atoms with Gasteiger partial charge in [-0.1, -0.05) is 25.3 Å². The predicted octanol–water partition coefficient (Wildman–Crippen LogP) is 3.55. The SMILES string of the molecule is CCNC(=NCC(=O)NC1CCCCC1)Nc1cccc(OCCCOC)c1.I. The molecule has 3 N–H and O–H groups in total. The molecule has 1 aliphatic rings. The molecule has 164 valence electrons. The van der Waals surface area contributed by atoms with Crippen LogP contribution in [0.1, 0.15) is 45.4 Å². The van der Waals surface area contributed by atoms with Crippen LogP contribution in [0, 0.1) is 0 Å². The Balaban J connectivity index is 0.00000420. The molecule has 0 bridgehead atoms. The normalized spacial score (nSPS) is 14.6. The molecular weight excluding hydrogens is 483 g/mol. The van der Waals surface area contributed by atoms with Crippen LogP contribution >= 0.6 is 24.0 Å². The fourth-order valence-corrected chi connectivity index (χ4v) is 3.17. The number of benzene rings is 1. The minimum atomic E-state index is -0.0284. The first-order valence-electron chi connectivity index (χ1n) is 10.3. The molecule has 1 amide bonds. The topological polar surface area (TPSA) is 84.0 Å². The van der Waals surface area contributed by atoms with Gasteiger partial charge < -0.3 is 25.4 Å². The molecular formula is C21H35IN4O3. The largest absolute Gasteiger partial charge is 0.493 e. The first-order valence-corrected chi connectivity index (χ1v) is 10.3. The van der Waals surface area contributed by atoms with E-state index in [0.717, 1.165) is 30.7 Å². The molecule has 1 saturated carbocycles. The third-order valence-electron chi connectivity index (χ3n) is 4.55. The van der Waals surface area contributed by atoms with E-state index < -0.39 is 0 Å². The van der Waals surface area contributed by atoms with Crippen molar-refractivity contribution >= 4 is 41.5 Å². The minimum Gasteiger partial charge on any atom is -0.493 e. The fraction of sp³-hybridized carbons (Fsp3) is 0.619. The molecule has 0 spiro atoms. The van der Waals surface area contributed by atoms with Crippen molar-refractivity contribution in [2.75, 3.05) is 38.7 Å². The van der Waals surface area contributed by atoms with Crippen LogP contribution < -0.4 is 20.7 Å². The smallest absolute Gasteiger partial charge is 0.242 e. The Morgan fingerprint density at radius 2 is 2.00 bits per heavy atom. The van der Waals surface area contributed by atoms with Crippen molar-refractivity contribution in [1.29, 1.82) is 0 Å². The van der Waals surface area contributed by atoms with E-state index in [1.54, 1.807) is 7.11 Å². The molecule has 0 aliphatic heterocycles. The molecule has 2 rings (SSSR count). The van der Waals surface area contributed by atoms with Gasteiger partial charge in [-0.15, -0.1) is 24.0 Å². The number of nitrogens with one attached hydrogen (secondary N) is 3. The second kappa shape index (κ2) is 15.3. The number of anilines is 1. The van der Waals surface area contributed by atoms with Crippen molar-refractivity contribution in [2.24, 2.45) is 4.99 Å². The number of aliphatic imine (C=N–C) groups is 1. The Labute approximate surface area is 191 Å². The third kappa shape index (κ3) is 10.7. The lowest BCUT2D eigenvalue weighted by molar-refractivity contribution is -0.120. The van der Waals surface area contributed by atoms with E-state index in [0.29, 0.717) is 31.8 Å². The van der Waals surface area contributed by atoms with Crippen LogP contribution in [0.3, 0.4) is 0 Å². The molecule has 7 nitrogen and oxygen atoms in total. The molecule has 0 atom stereocenters. The first-order chi connectivity index (χ1) is 13.7. The summed E-state index contributed by atoms with van der Waals surface area (Å²) in [5, 5.41) is 9.50. The summed E-state index contributed by atoms with van der Waals surface area (Å²) in [5.74, 6) is 1.34. The molecule has 0 saturated heterocycles. The summed E-state index contributed by atoms with van der Waals surface area (Å²) in [6.45, 7) is 4.10. The first kappa shape index (κ1) is 25.5. The second-order valence-corrected chi connectivity index (χ2v) is 6.95. The van der Waals surface area contributed by atoms with Crippen molar-refractivity contribution < 1.29 is 14.3 Å². The van der Waals surface area contributed by atoms with E-state index in [-0.39, 0.29) is 36.4 Å². The number of carbonyl (C=O) groups excluding carboxylic acids is 1. The lowest BCUT2D eigenvalue weighted by Gasteiger charge is -2.22. The lowest BCUT2D eigenvalue weighted by atomic mass is 9.95. The molecule has 0 aromatic heterocycles. The predicted molar refractivity (Wildman–Crippen MR) is 128 cm³/mol. The summed E-state index contributed by atoms with van der Waals surface area (Å²) >= 11 is 0. The Kier molecular flexibility index (Phi) is 13.5. The van der Waals surface area contributed by atoms with Crippen molar-refractivity contribution in [1.82, 2.24) is 10.6 Å². The molecule has 1 aromatic carbocycles. The van der Waals surface area contributed by atoms with Gasteiger partial charge in [-0.2, -0.15) is 0 Å². The second-order valence-electron chi connectivity index (χ2n) is 6.95. The third-order valence-corrected chi connectivity index (χ3v) is 4.55. The van der Waals surface area contributed by atoms with Crippen molar-refractivity contribution in [2.45, 2.75) is 51.5 Å². The molecule has 0 radical (unpaired) electrons. The number of hydrogen-bond donors (Lipinski definition) is 3. The van der Waals surface area contributed by atoms with Crippen LogP contribution in [-0.2, 0) is 9.53 Å². The van der Waals surface area contributed by atoms with Crippen LogP contribution in [0.5, 0.6) is 5.75 Å². The van der Waals surface area contributed by atoms with Crippen molar-refractivity contribution in [3.05, 3.63) is 24.3 Å². The van der Waals surface area contributed by atoms with E-state index >= 15 is 0 Å². The average molecular weight is 518 g/mol. The maximum absolute atomic E-state index is 12.2. The van der Waals surface area contributed by atoms with Gasteiger partial charge >= 0.3 is 0 Å². The number of halogens is 1. The number of nitrogens with zero attached hydrogens (tertiary/aromatic N) is 1. The monoisotopic (exact) mass is 518 g/mol. The highest BCUT2D eigenvalue weighted by Crippen LogP contribution is 2.18. The highest BCUT2D eigenvalue weighted by Gasteiger charge is 2.15.